The Kier molecular flexibility index (Phi) is 4.50. The van der Waals surface area contributed by atoms with Crippen LogP contribution in [0.1, 0.15) is 31.2 Å². The second-order valence-corrected chi connectivity index (χ2v) is 6.68. The molecule has 0 amide bonds. The number of H-pyrrole nitrogens is 1. The maximum atomic E-state index is 13.4. The van der Waals surface area contributed by atoms with Gasteiger partial charge in [0.1, 0.15) is 0 Å². The molecule has 1 aliphatic heterocycles. The summed E-state index contributed by atoms with van der Waals surface area (Å²) in [6.07, 6.45) is 8.80. The fourth-order valence-electron chi connectivity index (χ4n) is 3.61. The van der Waals surface area contributed by atoms with E-state index in [2.05, 4.69) is 26.5 Å². The highest BCUT2D eigenvalue weighted by Gasteiger charge is 2.35. The van der Waals surface area contributed by atoms with Gasteiger partial charge in [-0.05, 0) is 18.9 Å². The topological polar surface area (TPSA) is 96.9 Å². The molecule has 1 saturated carbocycles. The Morgan fingerprint density at radius 2 is 2.22 bits per heavy atom. The van der Waals surface area contributed by atoms with Gasteiger partial charge in [0.2, 0.25) is 11.8 Å². The van der Waals surface area contributed by atoms with E-state index in [0.29, 0.717) is 22.8 Å². The lowest BCUT2D eigenvalue weighted by molar-refractivity contribution is -0.478. The predicted octanol–water partition coefficient (Wildman–Crippen LogP) is 2.55. The molecule has 136 valence electrons. The van der Waals surface area contributed by atoms with Crippen LogP contribution in [0.15, 0.2) is 40.4 Å². The maximum Gasteiger partial charge on any atom is 0.266 e. The van der Waals surface area contributed by atoms with Gasteiger partial charge >= 0.3 is 0 Å². The summed E-state index contributed by atoms with van der Waals surface area (Å²) < 4.78 is 15.1. The van der Waals surface area contributed by atoms with Crippen LogP contribution < -0.4 is 11.0 Å². The number of hydrogen-bond donors (Lipinski definition) is 2. The molecule has 0 saturated heterocycles. The summed E-state index contributed by atoms with van der Waals surface area (Å²) in [6, 6.07) is 6.93. The molecule has 3 heterocycles. The number of amidine groups is 1. The van der Waals surface area contributed by atoms with Gasteiger partial charge < -0.3 is 4.98 Å². The highest BCUT2D eigenvalue weighted by atomic mass is 19.1. The van der Waals surface area contributed by atoms with Gasteiger partial charge in [0.25, 0.3) is 11.2 Å². The molecule has 2 N–H and O–H groups in total. The third kappa shape index (κ3) is 3.36. The Morgan fingerprint density at radius 3 is 3.04 bits per heavy atom. The van der Waals surface area contributed by atoms with Crippen molar-refractivity contribution in [2.45, 2.75) is 25.7 Å². The van der Waals surface area contributed by atoms with Crippen LogP contribution in [-0.4, -0.2) is 26.7 Å². The zero-order chi connectivity index (χ0) is 18.8. The Bertz CT molecular complexity index is 1030. The lowest BCUT2D eigenvalue weighted by Crippen LogP contribution is -2.30. The number of aliphatic imine (C=N–C) groups is 1. The Labute approximate surface area is 154 Å². The molecule has 0 aromatic carbocycles. The van der Waals surface area contributed by atoms with Gasteiger partial charge in [0.05, 0.1) is 23.6 Å². The molecule has 8 heteroatoms. The summed E-state index contributed by atoms with van der Waals surface area (Å²) in [5.41, 5.74) is 4.23. The minimum Gasteiger partial charge on any atom is -0.328 e. The SMILES string of the molecule is N#CC1CCCCC1C=[N+]1NC(=Nc2ccnc(F)c2)c2c1cc[nH]c2=O. The summed E-state index contributed by atoms with van der Waals surface area (Å²) in [7, 11) is 0. The number of halogens is 1. The van der Waals surface area contributed by atoms with Gasteiger partial charge in [-0.15, -0.1) is 5.43 Å². The first-order valence-electron chi connectivity index (χ1n) is 8.88. The largest absolute Gasteiger partial charge is 0.328 e. The molecule has 1 fully saturated rings. The van der Waals surface area contributed by atoms with Crippen molar-refractivity contribution in [3.8, 4) is 6.07 Å². The van der Waals surface area contributed by atoms with Crippen molar-refractivity contribution in [2.75, 3.05) is 0 Å². The van der Waals surface area contributed by atoms with Crippen LogP contribution in [0, 0.1) is 29.1 Å². The molecule has 1 aliphatic carbocycles. The van der Waals surface area contributed by atoms with Crippen molar-refractivity contribution in [3.05, 3.63) is 52.5 Å². The number of hydrogen-bond acceptors (Lipinski definition) is 4. The van der Waals surface area contributed by atoms with Crippen LogP contribution in [0.25, 0.3) is 0 Å². The van der Waals surface area contributed by atoms with E-state index in [-0.39, 0.29) is 17.4 Å². The van der Waals surface area contributed by atoms with E-state index in [1.165, 1.54) is 12.3 Å². The molecule has 27 heavy (non-hydrogen) atoms. The number of nitrogens with zero attached hydrogens (tertiary/aromatic N) is 4. The number of fused-ring (bicyclic) bond motifs is 1. The second kappa shape index (κ2) is 7.11. The first-order valence-corrected chi connectivity index (χ1v) is 8.88. The van der Waals surface area contributed by atoms with E-state index in [1.807, 2.05) is 6.21 Å². The van der Waals surface area contributed by atoms with Gasteiger partial charge in [-0.2, -0.15) is 9.65 Å². The molecule has 0 spiro atoms. The van der Waals surface area contributed by atoms with Crippen molar-refractivity contribution in [3.63, 3.8) is 0 Å². The predicted molar refractivity (Wildman–Crippen MR) is 97.6 cm³/mol. The average molecular weight is 365 g/mol. The first-order chi connectivity index (χ1) is 13.2. The van der Waals surface area contributed by atoms with Gasteiger partial charge in [0, 0.05) is 24.5 Å². The number of nitriles is 1. The summed E-state index contributed by atoms with van der Waals surface area (Å²) in [6.45, 7) is 0. The lowest BCUT2D eigenvalue weighted by atomic mass is 9.81. The molecule has 2 unspecified atom stereocenters. The van der Waals surface area contributed by atoms with E-state index in [1.54, 1.807) is 23.0 Å². The highest BCUT2D eigenvalue weighted by molar-refractivity contribution is 6.04. The molecule has 7 nitrogen and oxygen atoms in total. The number of nitrogens with one attached hydrogen (secondary N) is 2. The van der Waals surface area contributed by atoms with Crippen molar-refractivity contribution >= 4 is 23.4 Å². The molecule has 2 aromatic heterocycles. The van der Waals surface area contributed by atoms with Gasteiger partial charge in [-0.3, -0.25) is 4.79 Å². The van der Waals surface area contributed by atoms with E-state index >= 15 is 0 Å². The van der Waals surface area contributed by atoms with E-state index in [0.717, 1.165) is 25.7 Å². The quantitative estimate of drug-likeness (QED) is 0.631. The molecule has 2 aromatic rings. The summed E-state index contributed by atoms with van der Waals surface area (Å²) in [4.78, 5) is 22.9. The van der Waals surface area contributed by atoms with Crippen LogP contribution in [0.4, 0.5) is 15.8 Å². The summed E-state index contributed by atoms with van der Waals surface area (Å²) >= 11 is 0. The fraction of sp³-hybridized carbons (Fsp3) is 0.316. The molecule has 0 radical (unpaired) electrons. The molecule has 4 rings (SSSR count). The van der Waals surface area contributed by atoms with Crippen LogP contribution >= 0.6 is 0 Å². The Hall–Kier alpha value is -3.34. The van der Waals surface area contributed by atoms with Gasteiger partial charge in [-0.25, -0.2) is 9.98 Å². The van der Waals surface area contributed by atoms with E-state index in [4.69, 9.17) is 0 Å². The Morgan fingerprint density at radius 1 is 1.37 bits per heavy atom. The van der Waals surface area contributed by atoms with Crippen LogP contribution in [0.2, 0.25) is 0 Å². The second-order valence-electron chi connectivity index (χ2n) is 6.68. The molecule has 2 atom stereocenters. The third-order valence-corrected chi connectivity index (χ3v) is 4.94. The zero-order valence-electron chi connectivity index (χ0n) is 14.5. The number of pyridine rings is 2. The first kappa shape index (κ1) is 17.1. The van der Waals surface area contributed by atoms with Crippen LogP contribution in [0.3, 0.4) is 0 Å². The monoisotopic (exact) mass is 365 g/mol. The highest BCUT2D eigenvalue weighted by Crippen LogP contribution is 2.30. The minimum absolute atomic E-state index is 0.0405. The van der Waals surface area contributed by atoms with Crippen LogP contribution in [0.5, 0.6) is 0 Å². The Balaban J connectivity index is 1.77. The number of rotatable bonds is 2. The summed E-state index contributed by atoms with van der Waals surface area (Å²) in [5.74, 6) is -0.250. The fourth-order valence-corrected chi connectivity index (χ4v) is 3.61. The van der Waals surface area contributed by atoms with Gasteiger partial charge in [0.15, 0.2) is 11.8 Å². The van der Waals surface area contributed by atoms with Crippen molar-refractivity contribution in [1.29, 1.82) is 5.26 Å². The maximum absolute atomic E-state index is 13.4. The molecule has 2 aliphatic rings. The smallest absolute Gasteiger partial charge is 0.266 e. The molecular weight excluding hydrogens is 347 g/mol. The summed E-state index contributed by atoms with van der Waals surface area (Å²) in [5, 5.41) is 9.42. The van der Waals surface area contributed by atoms with Crippen molar-refractivity contribution in [2.24, 2.45) is 16.8 Å². The third-order valence-electron chi connectivity index (χ3n) is 4.94. The average Bonchev–Trinajstić information content (AvgIpc) is 3.01. The number of aromatic amines is 1. The van der Waals surface area contributed by atoms with Crippen molar-refractivity contribution in [1.82, 2.24) is 15.4 Å². The van der Waals surface area contributed by atoms with Gasteiger partial charge in [-0.1, -0.05) is 17.5 Å². The van der Waals surface area contributed by atoms with E-state index < -0.39 is 5.95 Å². The van der Waals surface area contributed by atoms with Crippen LogP contribution in [-0.2, 0) is 0 Å². The minimum atomic E-state index is -0.639. The van der Waals surface area contributed by atoms with E-state index in [9.17, 15) is 14.4 Å². The van der Waals surface area contributed by atoms with Crippen molar-refractivity contribution < 1.29 is 9.07 Å². The molecule has 0 bridgehead atoms. The normalized spacial score (nSPS) is 24.4. The number of hydrazone groups is 1. The lowest BCUT2D eigenvalue weighted by Gasteiger charge is -2.21. The number of aromatic nitrogens is 2. The zero-order valence-corrected chi connectivity index (χ0v) is 14.5. The number of hydrazine groups is 1. The standard InChI is InChI=1S/C19H17FN6O/c20-16-9-14(5-7-22-16)24-18-17-15(6-8-23-19(17)27)26(25-18)11-13-4-2-1-3-12(13)10-21/h5-9,11-13H,1-4H2,(H-,22,23,24,25,27)/p+1. The molecular formula is C19H18FN6O+.